The minimum Gasteiger partial charge on any atom is -0.493 e. The lowest BCUT2D eigenvalue weighted by molar-refractivity contribution is 0.103. The predicted octanol–water partition coefficient (Wildman–Crippen LogP) is 3.87. The number of ether oxygens (including phenoxy) is 2. The first-order chi connectivity index (χ1) is 9.96. The first-order valence-electron chi connectivity index (χ1n) is 5.88. The van der Waals surface area contributed by atoms with E-state index in [-0.39, 0.29) is 27.6 Å². The summed E-state index contributed by atoms with van der Waals surface area (Å²) in [5, 5.41) is 0.164. The molecule has 0 fully saturated rings. The van der Waals surface area contributed by atoms with Crippen molar-refractivity contribution in [2.75, 3.05) is 14.2 Å². The van der Waals surface area contributed by atoms with E-state index < -0.39 is 17.4 Å². The summed E-state index contributed by atoms with van der Waals surface area (Å²) in [7, 11) is 2.80. The molecule has 2 aromatic rings. The summed E-state index contributed by atoms with van der Waals surface area (Å²) in [6.07, 6.45) is 0. The molecular formula is C15H11ClF2O3. The molecule has 2 rings (SSSR count). The maximum absolute atomic E-state index is 13.2. The third-order valence-electron chi connectivity index (χ3n) is 2.82. The van der Waals surface area contributed by atoms with E-state index in [0.717, 1.165) is 12.1 Å². The van der Waals surface area contributed by atoms with Gasteiger partial charge in [-0.3, -0.25) is 4.79 Å². The van der Waals surface area contributed by atoms with E-state index in [1.165, 1.54) is 26.4 Å². The fourth-order valence-corrected chi connectivity index (χ4v) is 2.19. The SMILES string of the molecule is COc1cc(C(=O)c2cc(F)cc(F)c2)cc(Cl)c1OC. The lowest BCUT2D eigenvalue weighted by atomic mass is 10.0. The lowest BCUT2D eigenvalue weighted by Gasteiger charge is -2.11. The molecule has 0 aliphatic carbocycles. The van der Waals surface area contributed by atoms with Crippen LogP contribution in [-0.4, -0.2) is 20.0 Å². The molecule has 0 N–H and O–H groups in total. The van der Waals surface area contributed by atoms with Crippen LogP contribution in [-0.2, 0) is 0 Å². The minimum atomic E-state index is -0.829. The number of hydrogen-bond donors (Lipinski definition) is 0. The van der Waals surface area contributed by atoms with Crippen LogP contribution >= 0.6 is 11.6 Å². The minimum absolute atomic E-state index is 0.115. The van der Waals surface area contributed by atoms with E-state index in [0.29, 0.717) is 6.07 Å². The van der Waals surface area contributed by atoms with Crippen LogP contribution in [0.5, 0.6) is 11.5 Å². The van der Waals surface area contributed by atoms with Crippen molar-refractivity contribution in [3.05, 3.63) is 58.1 Å². The molecule has 2 aromatic carbocycles. The van der Waals surface area contributed by atoms with E-state index in [2.05, 4.69) is 0 Å². The standard InChI is InChI=1S/C15H11ClF2O3/c1-20-13-6-9(5-12(16)15(13)21-2)14(19)8-3-10(17)7-11(18)4-8/h3-7H,1-2H3. The Morgan fingerprint density at radius 2 is 1.52 bits per heavy atom. The number of benzene rings is 2. The summed E-state index contributed by atoms with van der Waals surface area (Å²) in [4.78, 5) is 12.3. The van der Waals surface area contributed by atoms with Crippen molar-refractivity contribution in [1.82, 2.24) is 0 Å². The maximum Gasteiger partial charge on any atom is 0.193 e. The van der Waals surface area contributed by atoms with Gasteiger partial charge in [0.2, 0.25) is 0 Å². The van der Waals surface area contributed by atoms with Gasteiger partial charge in [0.1, 0.15) is 11.6 Å². The second kappa shape index (κ2) is 6.10. The largest absolute Gasteiger partial charge is 0.493 e. The zero-order valence-corrected chi connectivity index (χ0v) is 12.0. The van der Waals surface area contributed by atoms with Gasteiger partial charge in [-0.15, -0.1) is 0 Å². The Bertz CT molecular complexity index is 681. The van der Waals surface area contributed by atoms with Crippen LogP contribution in [0.25, 0.3) is 0 Å². The molecular weight excluding hydrogens is 302 g/mol. The van der Waals surface area contributed by atoms with Gasteiger partial charge in [-0.25, -0.2) is 8.78 Å². The van der Waals surface area contributed by atoms with Crippen molar-refractivity contribution < 1.29 is 23.0 Å². The molecule has 0 amide bonds. The second-order valence-electron chi connectivity index (χ2n) is 4.18. The topological polar surface area (TPSA) is 35.5 Å². The normalized spacial score (nSPS) is 10.3. The molecule has 0 spiro atoms. The molecule has 0 radical (unpaired) electrons. The molecule has 21 heavy (non-hydrogen) atoms. The van der Waals surface area contributed by atoms with Crippen LogP contribution in [0, 0.1) is 11.6 Å². The smallest absolute Gasteiger partial charge is 0.193 e. The highest BCUT2D eigenvalue weighted by atomic mass is 35.5. The fourth-order valence-electron chi connectivity index (χ4n) is 1.90. The molecule has 0 heterocycles. The third-order valence-corrected chi connectivity index (χ3v) is 3.10. The molecule has 0 saturated carbocycles. The van der Waals surface area contributed by atoms with Gasteiger partial charge in [0.25, 0.3) is 0 Å². The summed E-state index contributed by atoms with van der Waals surface area (Å²) >= 11 is 6.00. The number of ketones is 1. The Kier molecular flexibility index (Phi) is 4.43. The number of hydrogen-bond acceptors (Lipinski definition) is 3. The van der Waals surface area contributed by atoms with Crippen molar-refractivity contribution in [1.29, 1.82) is 0 Å². The van der Waals surface area contributed by atoms with Crippen LogP contribution in [0.1, 0.15) is 15.9 Å². The number of rotatable bonds is 4. The highest BCUT2D eigenvalue weighted by Gasteiger charge is 2.17. The highest BCUT2D eigenvalue weighted by Crippen LogP contribution is 2.36. The molecule has 3 nitrogen and oxygen atoms in total. The first-order valence-corrected chi connectivity index (χ1v) is 6.26. The fraction of sp³-hybridized carbons (Fsp3) is 0.133. The van der Waals surface area contributed by atoms with Crippen molar-refractivity contribution >= 4 is 17.4 Å². The van der Waals surface area contributed by atoms with E-state index in [1.807, 2.05) is 0 Å². The molecule has 0 unspecified atom stereocenters. The lowest BCUT2D eigenvalue weighted by Crippen LogP contribution is -2.04. The maximum atomic E-state index is 13.2. The van der Waals surface area contributed by atoms with E-state index in [4.69, 9.17) is 21.1 Å². The Morgan fingerprint density at radius 3 is 2.05 bits per heavy atom. The number of carbonyl (C=O) groups is 1. The molecule has 0 bridgehead atoms. The molecule has 6 heteroatoms. The van der Waals surface area contributed by atoms with Gasteiger partial charge in [0.05, 0.1) is 19.2 Å². The van der Waals surface area contributed by atoms with Gasteiger partial charge in [0.15, 0.2) is 17.3 Å². The van der Waals surface area contributed by atoms with E-state index in [1.54, 1.807) is 0 Å². The molecule has 0 aliphatic rings. The number of halogens is 3. The van der Waals surface area contributed by atoms with Gasteiger partial charge in [0, 0.05) is 17.2 Å². The van der Waals surface area contributed by atoms with Crippen molar-refractivity contribution in [2.45, 2.75) is 0 Å². The average molecular weight is 313 g/mol. The Balaban J connectivity index is 2.51. The predicted molar refractivity (Wildman–Crippen MR) is 74.3 cm³/mol. The van der Waals surface area contributed by atoms with Crippen LogP contribution in [0.3, 0.4) is 0 Å². The van der Waals surface area contributed by atoms with Crippen molar-refractivity contribution in [2.24, 2.45) is 0 Å². The third kappa shape index (κ3) is 3.13. The van der Waals surface area contributed by atoms with Crippen molar-refractivity contribution in [3.8, 4) is 11.5 Å². The zero-order chi connectivity index (χ0) is 15.6. The van der Waals surface area contributed by atoms with Gasteiger partial charge >= 0.3 is 0 Å². The summed E-state index contributed by atoms with van der Waals surface area (Å²) in [5.41, 5.74) is 0.0263. The van der Waals surface area contributed by atoms with Gasteiger partial charge in [-0.1, -0.05) is 11.6 Å². The van der Waals surface area contributed by atoms with E-state index >= 15 is 0 Å². The van der Waals surface area contributed by atoms with Gasteiger partial charge < -0.3 is 9.47 Å². The molecule has 0 saturated heterocycles. The van der Waals surface area contributed by atoms with Gasteiger partial charge in [-0.2, -0.15) is 0 Å². The Labute approximate surface area is 125 Å². The summed E-state index contributed by atoms with van der Waals surface area (Å²) in [6, 6.07) is 5.36. The van der Waals surface area contributed by atoms with E-state index in [9.17, 15) is 13.6 Å². The highest BCUT2D eigenvalue weighted by molar-refractivity contribution is 6.33. The summed E-state index contributed by atoms with van der Waals surface area (Å²) < 4.78 is 36.5. The van der Waals surface area contributed by atoms with Crippen LogP contribution < -0.4 is 9.47 Å². The Morgan fingerprint density at radius 1 is 0.952 bits per heavy atom. The number of carbonyl (C=O) groups excluding carboxylic acids is 1. The molecule has 0 atom stereocenters. The summed E-state index contributed by atoms with van der Waals surface area (Å²) in [5.74, 6) is -1.70. The van der Waals surface area contributed by atoms with Crippen molar-refractivity contribution in [3.63, 3.8) is 0 Å². The molecule has 0 aromatic heterocycles. The molecule has 110 valence electrons. The first kappa shape index (κ1) is 15.3. The molecule has 0 aliphatic heterocycles. The summed E-state index contributed by atoms with van der Waals surface area (Å²) in [6.45, 7) is 0. The monoisotopic (exact) mass is 312 g/mol. The number of methoxy groups -OCH3 is 2. The van der Waals surface area contributed by atoms with Gasteiger partial charge in [-0.05, 0) is 24.3 Å². The second-order valence-corrected chi connectivity index (χ2v) is 4.59. The zero-order valence-electron chi connectivity index (χ0n) is 11.2. The van der Waals surface area contributed by atoms with Crippen LogP contribution in [0.15, 0.2) is 30.3 Å². The Hall–Kier alpha value is -2.14. The quantitative estimate of drug-likeness (QED) is 0.804. The average Bonchev–Trinajstić information content (AvgIpc) is 2.44. The van der Waals surface area contributed by atoms with Crippen LogP contribution in [0.2, 0.25) is 5.02 Å². The van der Waals surface area contributed by atoms with Crippen LogP contribution in [0.4, 0.5) is 8.78 Å².